The van der Waals surface area contributed by atoms with Gasteiger partial charge in [0.2, 0.25) is 5.91 Å². The zero-order valence-electron chi connectivity index (χ0n) is 12.0. The van der Waals surface area contributed by atoms with E-state index in [9.17, 15) is 14.7 Å². The molecule has 0 aromatic carbocycles. The number of hydrogen-bond donors (Lipinski definition) is 2. The van der Waals surface area contributed by atoms with Gasteiger partial charge in [-0.2, -0.15) is 0 Å². The molecular weight excluding hydrogens is 258 g/mol. The quantitative estimate of drug-likeness (QED) is 0.806. The third-order valence-electron chi connectivity index (χ3n) is 4.61. The van der Waals surface area contributed by atoms with Gasteiger partial charge >= 0.3 is 5.97 Å². The number of likely N-dealkylation sites (tertiary alicyclic amines) is 1. The summed E-state index contributed by atoms with van der Waals surface area (Å²) in [7, 11) is 0. The molecule has 1 heterocycles. The third-order valence-corrected chi connectivity index (χ3v) is 4.61. The van der Waals surface area contributed by atoms with Gasteiger partial charge in [0, 0.05) is 19.4 Å². The number of aliphatic carboxylic acids is 1. The van der Waals surface area contributed by atoms with Crippen LogP contribution < -0.4 is 0 Å². The molecule has 1 amide bonds. The fourth-order valence-corrected chi connectivity index (χ4v) is 3.48. The van der Waals surface area contributed by atoms with Gasteiger partial charge in [-0.15, -0.1) is 0 Å². The van der Waals surface area contributed by atoms with Gasteiger partial charge in [-0.25, -0.2) is 4.79 Å². The van der Waals surface area contributed by atoms with Crippen molar-refractivity contribution in [1.29, 1.82) is 0 Å². The summed E-state index contributed by atoms with van der Waals surface area (Å²) >= 11 is 0. The largest absolute Gasteiger partial charge is 0.480 e. The lowest BCUT2D eigenvalue weighted by molar-refractivity contribution is -0.148. The molecule has 2 N–H and O–H groups in total. The molecule has 0 aromatic rings. The zero-order valence-corrected chi connectivity index (χ0v) is 12.0. The van der Waals surface area contributed by atoms with Crippen molar-refractivity contribution in [2.45, 2.75) is 69.9 Å². The van der Waals surface area contributed by atoms with Crippen molar-refractivity contribution >= 4 is 11.9 Å². The van der Waals surface area contributed by atoms with Crippen molar-refractivity contribution < 1.29 is 19.8 Å². The number of carbonyl (C=O) groups excluding carboxylic acids is 1. The number of hydrogen-bond acceptors (Lipinski definition) is 3. The lowest BCUT2D eigenvalue weighted by Crippen LogP contribution is -2.40. The first-order valence-corrected chi connectivity index (χ1v) is 7.78. The standard InChI is InChI=1S/C15H25NO4/c17-12-9-13(15(19)20)16(10-12)14(18)8-4-7-11-5-2-1-3-6-11/h11-13,17H,1-10H2,(H,19,20). The van der Waals surface area contributed by atoms with Crippen LogP contribution in [0.5, 0.6) is 0 Å². The van der Waals surface area contributed by atoms with Crippen LogP contribution in [0.3, 0.4) is 0 Å². The Hall–Kier alpha value is -1.10. The van der Waals surface area contributed by atoms with Crippen molar-refractivity contribution in [2.75, 3.05) is 6.54 Å². The fraction of sp³-hybridized carbons (Fsp3) is 0.867. The van der Waals surface area contributed by atoms with Gasteiger partial charge in [0.25, 0.3) is 0 Å². The predicted octanol–water partition coefficient (Wildman–Crippen LogP) is 1.78. The number of β-amino-alcohol motifs (C(OH)–C–C–N with tert-alkyl or cyclic N) is 1. The average Bonchev–Trinajstić information content (AvgIpc) is 2.82. The lowest BCUT2D eigenvalue weighted by atomic mass is 9.86. The molecular formula is C15H25NO4. The van der Waals surface area contributed by atoms with E-state index >= 15 is 0 Å². The van der Waals surface area contributed by atoms with Gasteiger partial charge in [0.1, 0.15) is 6.04 Å². The predicted molar refractivity (Wildman–Crippen MR) is 74.2 cm³/mol. The van der Waals surface area contributed by atoms with Crippen LogP contribution in [0.2, 0.25) is 0 Å². The monoisotopic (exact) mass is 283 g/mol. The van der Waals surface area contributed by atoms with Crippen molar-refractivity contribution in [3.05, 3.63) is 0 Å². The number of nitrogens with zero attached hydrogens (tertiary/aromatic N) is 1. The summed E-state index contributed by atoms with van der Waals surface area (Å²) in [6.07, 6.45) is 8.26. The molecule has 2 atom stereocenters. The topological polar surface area (TPSA) is 77.8 Å². The first-order valence-electron chi connectivity index (χ1n) is 7.78. The summed E-state index contributed by atoms with van der Waals surface area (Å²) in [4.78, 5) is 24.5. The molecule has 0 spiro atoms. The van der Waals surface area contributed by atoms with Gasteiger partial charge in [-0.1, -0.05) is 32.1 Å². The summed E-state index contributed by atoms with van der Waals surface area (Å²) in [5.41, 5.74) is 0. The van der Waals surface area contributed by atoms with Crippen molar-refractivity contribution in [3.63, 3.8) is 0 Å². The highest BCUT2D eigenvalue weighted by molar-refractivity contribution is 5.84. The molecule has 0 radical (unpaired) electrons. The highest BCUT2D eigenvalue weighted by Crippen LogP contribution is 2.28. The van der Waals surface area contributed by atoms with E-state index in [0.29, 0.717) is 6.42 Å². The summed E-state index contributed by atoms with van der Waals surface area (Å²) < 4.78 is 0. The van der Waals surface area contributed by atoms with Gasteiger partial charge in [-0.05, 0) is 18.8 Å². The number of rotatable bonds is 5. The number of carboxylic acids is 1. The maximum absolute atomic E-state index is 12.1. The fourth-order valence-electron chi connectivity index (χ4n) is 3.48. The maximum Gasteiger partial charge on any atom is 0.326 e. The van der Waals surface area contributed by atoms with Crippen molar-refractivity contribution in [2.24, 2.45) is 5.92 Å². The summed E-state index contributed by atoms with van der Waals surface area (Å²) in [6, 6.07) is -0.841. The molecule has 2 rings (SSSR count). The molecule has 1 aliphatic heterocycles. The Kier molecular flexibility index (Phi) is 5.40. The van der Waals surface area contributed by atoms with E-state index in [-0.39, 0.29) is 18.9 Å². The van der Waals surface area contributed by atoms with Crippen LogP contribution in [0.1, 0.15) is 57.8 Å². The first kappa shape index (κ1) is 15.3. The van der Waals surface area contributed by atoms with E-state index in [4.69, 9.17) is 5.11 Å². The van der Waals surface area contributed by atoms with E-state index < -0.39 is 18.1 Å². The highest BCUT2D eigenvalue weighted by atomic mass is 16.4. The summed E-state index contributed by atoms with van der Waals surface area (Å²) in [6.45, 7) is 0.166. The van der Waals surface area contributed by atoms with E-state index in [1.54, 1.807) is 0 Å². The van der Waals surface area contributed by atoms with Crippen LogP contribution in [0.25, 0.3) is 0 Å². The second-order valence-electron chi connectivity index (χ2n) is 6.19. The molecule has 0 bridgehead atoms. The minimum Gasteiger partial charge on any atom is -0.480 e. The zero-order chi connectivity index (χ0) is 14.5. The number of carbonyl (C=O) groups is 2. The van der Waals surface area contributed by atoms with Crippen LogP contribution in [0.4, 0.5) is 0 Å². The lowest BCUT2D eigenvalue weighted by Gasteiger charge is -2.23. The second-order valence-corrected chi connectivity index (χ2v) is 6.19. The van der Waals surface area contributed by atoms with Crippen LogP contribution in [-0.2, 0) is 9.59 Å². The Labute approximate surface area is 120 Å². The Morgan fingerprint density at radius 2 is 1.85 bits per heavy atom. The SMILES string of the molecule is O=C(O)C1CC(O)CN1C(=O)CCCC1CCCCC1. The smallest absolute Gasteiger partial charge is 0.326 e. The number of carboxylic acid groups (broad SMARTS) is 1. The van der Waals surface area contributed by atoms with Crippen molar-refractivity contribution in [1.82, 2.24) is 4.90 Å². The first-order chi connectivity index (χ1) is 9.58. The van der Waals surface area contributed by atoms with Gasteiger partial charge in [-0.3, -0.25) is 4.79 Å². The molecule has 0 aromatic heterocycles. The molecule has 2 fully saturated rings. The molecule has 1 aliphatic carbocycles. The van der Waals surface area contributed by atoms with Crippen LogP contribution in [0.15, 0.2) is 0 Å². The van der Waals surface area contributed by atoms with Crippen LogP contribution in [0, 0.1) is 5.92 Å². The second kappa shape index (κ2) is 7.07. The molecule has 1 saturated heterocycles. The summed E-state index contributed by atoms with van der Waals surface area (Å²) in [5.74, 6) is -0.386. The minimum atomic E-state index is -1.01. The Morgan fingerprint density at radius 1 is 1.15 bits per heavy atom. The third kappa shape index (κ3) is 3.95. The van der Waals surface area contributed by atoms with Gasteiger partial charge < -0.3 is 15.1 Å². The molecule has 5 nitrogen and oxygen atoms in total. The molecule has 20 heavy (non-hydrogen) atoms. The maximum atomic E-state index is 12.1. The molecule has 2 aliphatic rings. The number of aliphatic hydroxyl groups excluding tert-OH is 1. The van der Waals surface area contributed by atoms with Crippen LogP contribution >= 0.6 is 0 Å². The highest BCUT2D eigenvalue weighted by Gasteiger charge is 2.38. The molecule has 1 saturated carbocycles. The number of amides is 1. The average molecular weight is 283 g/mol. The number of aliphatic hydroxyl groups is 1. The molecule has 114 valence electrons. The van der Waals surface area contributed by atoms with E-state index in [1.165, 1.54) is 37.0 Å². The van der Waals surface area contributed by atoms with E-state index in [2.05, 4.69) is 0 Å². The molecule has 2 unspecified atom stereocenters. The van der Waals surface area contributed by atoms with Crippen molar-refractivity contribution in [3.8, 4) is 0 Å². The summed E-state index contributed by atoms with van der Waals surface area (Å²) in [5, 5.41) is 18.6. The Balaban J connectivity index is 1.74. The van der Waals surface area contributed by atoms with E-state index in [0.717, 1.165) is 18.8 Å². The Bertz CT molecular complexity index is 352. The van der Waals surface area contributed by atoms with Gasteiger partial charge in [0.15, 0.2) is 0 Å². The molecule has 5 heteroatoms. The minimum absolute atomic E-state index is 0.121. The van der Waals surface area contributed by atoms with E-state index in [1.807, 2.05) is 0 Å². The normalized spacial score (nSPS) is 27.8. The van der Waals surface area contributed by atoms with Crippen LogP contribution in [-0.4, -0.2) is 45.7 Å². The Morgan fingerprint density at radius 3 is 2.50 bits per heavy atom. The van der Waals surface area contributed by atoms with Gasteiger partial charge in [0.05, 0.1) is 6.10 Å².